The van der Waals surface area contributed by atoms with Crippen molar-refractivity contribution in [3.8, 4) is 23.0 Å². The molecule has 0 amide bonds. The summed E-state index contributed by atoms with van der Waals surface area (Å²) in [7, 11) is -2.88. The number of ether oxygens (including phenoxy) is 1. The van der Waals surface area contributed by atoms with Crippen LogP contribution in [0.5, 0.6) is 23.0 Å². The lowest BCUT2D eigenvalue weighted by Gasteiger charge is -2.38. The van der Waals surface area contributed by atoms with Gasteiger partial charge in [-0.25, -0.2) is 0 Å². The fraction of sp³-hybridized carbons (Fsp3) is 0.200. The summed E-state index contributed by atoms with van der Waals surface area (Å²) in [5, 5.41) is 4.79. The number of nitrogens with zero attached hydrogens (tertiary/aromatic N) is 4. The van der Waals surface area contributed by atoms with Gasteiger partial charge in [0, 0.05) is 38.1 Å². The quantitative estimate of drug-likeness (QED) is 0.177. The molecule has 0 atom stereocenters. The third kappa shape index (κ3) is 5.23. The first-order chi connectivity index (χ1) is 30.7. The van der Waals surface area contributed by atoms with Crippen LogP contribution in [-0.2, 0) is 16.2 Å². The third-order valence-electron chi connectivity index (χ3n) is 13.7. The molecule has 0 aliphatic carbocycles. The summed E-state index contributed by atoms with van der Waals surface area (Å²) < 4.78 is 32.4. The number of hydrogen-bond donors (Lipinski definition) is 0. The van der Waals surface area contributed by atoms with E-state index < -0.39 is 21.6 Å². The van der Waals surface area contributed by atoms with E-state index in [1.807, 2.05) is 0 Å². The second-order valence-corrected chi connectivity index (χ2v) is 23.2. The highest BCUT2D eigenvalue weighted by molar-refractivity contribution is 7.39. The van der Waals surface area contributed by atoms with Gasteiger partial charge in [-0.3, -0.25) is 16.7 Å². The molecular weight excluding hydrogens is 827 g/mol. The molecule has 0 radical (unpaired) electrons. The smallest absolute Gasteiger partial charge is 0.246 e. The van der Waals surface area contributed by atoms with Crippen LogP contribution in [0.1, 0.15) is 77.6 Å². The zero-order valence-electron chi connectivity index (χ0n) is 37.3. The fourth-order valence-corrected chi connectivity index (χ4v) is 14.3. The summed E-state index contributed by atoms with van der Waals surface area (Å²) in [5.41, 5.74) is 13.1. The lowest BCUT2D eigenvalue weighted by atomic mass is 9.72. The first-order valence-corrected chi connectivity index (χ1v) is 24.5. The van der Waals surface area contributed by atoms with Gasteiger partial charge in [-0.15, -0.1) is 0 Å². The molecule has 7 nitrogen and oxygen atoms in total. The lowest BCUT2D eigenvalue weighted by Crippen LogP contribution is -2.27. The van der Waals surface area contributed by atoms with Crippen LogP contribution >= 0.6 is 16.2 Å². The van der Waals surface area contributed by atoms with Crippen molar-refractivity contribution in [2.75, 3.05) is 0 Å². The summed E-state index contributed by atoms with van der Waals surface area (Å²) in [6, 6.07) is 53.0. The van der Waals surface area contributed by atoms with Crippen molar-refractivity contribution in [1.82, 2.24) is 16.7 Å². The SMILES string of the molecule is CC(C)(C)c1cc(Op2n3c4ccccc4cc3c3cc4ccccc4n32)c2c(c1)C(C)(C)c1cc(C(C)(C)C)cc(Op3n4c5ccccc5cc4c4cc5ccccc5n43)c1O2. The van der Waals surface area contributed by atoms with Gasteiger partial charge >= 0.3 is 0 Å². The van der Waals surface area contributed by atoms with E-state index in [2.05, 4.69) is 218 Å². The van der Waals surface area contributed by atoms with Crippen LogP contribution in [0.3, 0.4) is 0 Å². The zero-order valence-corrected chi connectivity index (χ0v) is 39.1. The molecule has 0 bridgehead atoms. The van der Waals surface area contributed by atoms with Crippen LogP contribution in [-0.4, -0.2) is 16.7 Å². The third-order valence-corrected chi connectivity index (χ3v) is 17.5. The standard InChI is InChI=1S/C55H48N4O3P2/c1-53(2,3)37-29-39-51(49(31-37)61-63-56-41-21-13-9-17-33(41)25-45(56)46-26-34-18-10-14-22-42(34)57(46)63)60-52-40(55(39,7)8)30-38(54(4,5)6)32-50(52)62-64-58-43-23-15-11-19-35(43)27-47(58)48-28-36-20-12-16-24-44(36)59(48)64/h9-32H,1-8H3. The summed E-state index contributed by atoms with van der Waals surface area (Å²) in [6.45, 7) is 18.4. The van der Waals surface area contributed by atoms with Crippen molar-refractivity contribution >= 4 is 81.8 Å². The van der Waals surface area contributed by atoms with Crippen molar-refractivity contribution in [2.24, 2.45) is 0 Å². The highest BCUT2D eigenvalue weighted by atomic mass is 31.1. The van der Waals surface area contributed by atoms with E-state index in [1.54, 1.807) is 0 Å². The Morgan fingerprint density at radius 3 is 1.00 bits per heavy atom. The first kappa shape index (κ1) is 38.0. The molecule has 0 fully saturated rings. The minimum atomic E-state index is -1.44. The van der Waals surface area contributed by atoms with Gasteiger partial charge in [-0.2, -0.15) is 0 Å². The number of rotatable bonds is 4. The van der Waals surface area contributed by atoms with Crippen molar-refractivity contribution in [3.05, 3.63) is 168 Å². The van der Waals surface area contributed by atoms with E-state index >= 15 is 0 Å². The van der Waals surface area contributed by atoms with Crippen LogP contribution in [0.2, 0.25) is 0 Å². The maximum absolute atomic E-state index is 7.64. The van der Waals surface area contributed by atoms with E-state index in [9.17, 15) is 0 Å². The van der Waals surface area contributed by atoms with E-state index in [0.29, 0.717) is 0 Å². The average Bonchev–Trinajstić information content (AvgIpc) is 4.10. The van der Waals surface area contributed by atoms with E-state index in [1.165, 1.54) is 32.7 Å². The Morgan fingerprint density at radius 1 is 0.406 bits per heavy atom. The Balaban J connectivity index is 1.07. The van der Waals surface area contributed by atoms with Gasteiger partial charge in [0.15, 0.2) is 23.0 Å². The van der Waals surface area contributed by atoms with Gasteiger partial charge in [0.1, 0.15) is 0 Å². The average molecular weight is 875 g/mol. The molecule has 12 aromatic rings. The Labute approximate surface area is 373 Å². The highest BCUT2D eigenvalue weighted by Crippen LogP contribution is 2.59. The molecule has 7 heterocycles. The molecule has 0 unspecified atom stereocenters. The molecule has 13 rings (SSSR count). The number of aromatic nitrogens is 4. The molecule has 6 aromatic carbocycles. The molecule has 64 heavy (non-hydrogen) atoms. The summed E-state index contributed by atoms with van der Waals surface area (Å²) in [5.74, 6) is 2.94. The molecule has 316 valence electrons. The van der Waals surface area contributed by atoms with Crippen LogP contribution < -0.4 is 13.8 Å². The van der Waals surface area contributed by atoms with Crippen LogP contribution in [0.4, 0.5) is 0 Å². The van der Waals surface area contributed by atoms with Crippen molar-refractivity contribution < 1.29 is 13.8 Å². The highest BCUT2D eigenvalue weighted by Gasteiger charge is 2.41. The Hall–Kier alpha value is -6.52. The molecule has 6 aromatic heterocycles. The van der Waals surface area contributed by atoms with Gasteiger partial charge in [0.2, 0.25) is 16.2 Å². The van der Waals surface area contributed by atoms with Crippen LogP contribution in [0.15, 0.2) is 146 Å². The van der Waals surface area contributed by atoms with E-state index in [-0.39, 0.29) is 10.8 Å². The van der Waals surface area contributed by atoms with Gasteiger partial charge < -0.3 is 13.8 Å². The molecule has 9 heteroatoms. The molecule has 1 aliphatic heterocycles. The predicted octanol–water partition coefficient (Wildman–Crippen LogP) is 16.0. The minimum Gasteiger partial charge on any atom is -0.449 e. The van der Waals surface area contributed by atoms with Gasteiger partial charge in [0.05, 0.1) is 44.1 Å². The van der Waals surface area contributed by atoms with Crippen molar-refractivity contribution in [1.29, 1.82) is 0 Å². The molecule has 1 aliphatic rings. The maximum atomic E-state index is 7.64. The summed E-state index contributed by atoms with van der Waals surface area (Å²) >= 11 is 0. The van der Waals surface area contributed by atoms with Crippen molar-refractivity contribution in [3.63, 3.8) is 0 Å². The van der Waals surface area contributed by atoms with Crippen molar-refractivity contribution in [2.45, 2.75) is 71.6 Å². The summed E-state index contributed by atoms with van der Waals surface area (Å²) in [6.07, 6.45) is 0. The van der Waals surface area contributed by atoms with Gasteiger partial charge in [-0.05, 0) is 82.6 Å². The normalized spacial score (nSPS) is 14.2. The Bertz CT molecular complexity index is 3520. The van der Waals surface area contributed by atoms with Gasteiger partial charge in [-0.1, -0.05) is 140 Å². The molecule has 0 saturated carbocycles. The van der Waals surface area contributed by atoms with Crippen LogP contribution in [0.25, 0.3) is 65.7 Å². The second-order valence-electron chi connectivity index (χ2n) is 20.2. The predicted molar refractivity (Wildman–Crippen MR) is 267 cm³/mol. The Morgan fingerprint density at radius 2 is 0.703 bits per heavy atom. The topological polar surface area (TPSA) is 45.3 Å². The maximum Gasteiger partial charge on any atom is 0.246 e. The number of para-hydroxylation sites is 4. The van der Waals surface area contributed by atoms with Gasteiger partial charge in [0.25, 0.3) is 0 Å². The first-order valence-electron chi connectivity index (χ1n) is 22.2. The lowest BCUT2D eigenvalue weighted by molar-refractivity contribution is 0.384. The van der Waals surface area contributed by atoms with E-state index in [4.69, 9.17) is 13.8 Å². The molecule has 0 N–H and O–H groups in total. The molecular formula is C55H48N4O3P2. The van der Waals surface area contributed by atoms with Crippen LogP contribution in [0, 0.1) is 0 Å². The number of fused-ring (bicyclic) bond motifs is 16. The largest absolute Gasteiger partial charge is 0.449 e. The fourth-order valence-electron chi connectivity index (χ4n) is 10.1. The number of hydrogen-bond acceptors (Lipinski definition) is 3. The zero-order chi connectivity index (χ0) is 43.6. The number of benzene rings is 6. The minimum absolute atomic E-state index is 0.163. The monoisotopic (exact) mass is 874 g/mol. The molecule has 0 saturated heterocycles. The second kappa shape index (κ2) is 12.8. The molecule has 0 spiro atoms. The van der Waals surface area contributed by atoms with E-state index in [0.717, 1.165) is 78.3 Å². The Kier molecular flexibility index (Phi) is 7.60. The summed E-state index contributed by atoms with van der Waals surface area (Å²) in [4.78, 5) is 0.